The van der Waals surface area contributed by atoms with Crippen molar-refractivity contribution < 1.29 is 18.3 Å². The summed E-state index contributed by atoms with van der Waals surface area (Å²) in [6.45, 7) is 1.72. The van der Waals surface area contributed by atoms with Crippen LogP contribution in [0.25, 0.3) is 0 Å². The third kappa shape index (κ3) is 2.33. The van der Waals surface area contributed by atoms with Gasteiger partial charge in [-0.15, -0.1) is 11.3 Å². The van der Waals surface area contributed by atoms with E-state index < -0.39 is 26.6 Å². The van der Waals surface area contributed by atoms with Crippen LogP contribution in [0.4, 0.5) is 5.13 Å². The minimum atomic E-state index is -4.03. The lowest BCUT2D eigenvalue weighted by Crippen LogP contribution is -2.16. The van der Waals surface area contributed by atoms with Crippen LogP contribution in [0.5, 0.6) is 0 Å². The number of thiazole rings is 1. The average Bonchev–Trinajstić information content (AvgIpc) is 2.86. The molecule has 8 nitrogen and oxygen atoms in total. The molecule has 2 rings (SSSR count). The van der Waals surface area contributed by atoms with Gasteiger partial charge in [0, 0.05) is 5.38 Å². The third-order valence-corrected chi connectivity index (χ3v) is 4.26. The van der Waals surface area contributed by atoms with Gasteiger partial charge in [0.1, 0.15) is 5.56 Å². The van der Waals surface area contributed by atoms with Gasteiger partial charge in [-0.25, -0.2) is 9.78 Å². The number of carbonyl (C=O) groups is 1. The number of hydrogen-bond donors (Lipinski definition) is 3. The van der Waals surface area contributed by atoms with Gasteiger partial charge in [-0.05, 0) is 6.92 Å². The fraction of sp³-hybridized carbons (Fsp3) is 0.125. The van der Waals surface area contributed by atoms with Crippen molar-refractivity contribution in [2.45, 2.75) is 11.9 Å². The Morgan fingerprint density at radius 1 is 1.56 bits per heavy atom. The number of H-pyrrole nitrogens is 1. The molecule has 0 unspecified atom stereocenters. The van der Waals surface area contributed by atoms with Gasteiger partial charge in [-0.1, -0.05) is 0 Å². The lowest BCUT2D eigenvalue weighted by molar-refractivity contribution is 0.0692. The van der Waals surface area contributed by atoms with E-state index in [-0.39, 0.29) is 5.13 Å². The van der Waals surface area contributed by atoms with Crippen LogP contribution in [0.15, 0.2) is 16.6 Å². The highest BCUT2D eigenvalue weighted by Gasteiger charge is 2.25. The van der Waals surface area contributed by atoms with E-state index in [0.717, 1.165) is 17.5 Å². The molecule has 0 aliphatic carbocycles. The molecule has 0 aromatic carbocycles. The molecule has 10 heteroatoms. The number of carboxylic acid groups (broad SMARTS) is 1. The number of aromatic amines is 1. The van der Waals surface area contributed by atoms with E-state index in [0.29, 0.717) is 5.69 Å². The molecule has 2 aromatic heterocycles. The van der Waals surface area contributed by atoms with E-state index in [1.165, 1.54) is 0 Å². The molecule has 2 aromatic rings. The zero-order valence-electron chi connectivity index (χ0n) is 9.04. The topological polar surface area (TPSA) is 125 Å². The van der Waals surface area contributed by atoms with Crippen molar-refractivity contribution in [2.24, 2.45) is 0 Å². The second-order valence-electron chi connectivity index (χ2n) is 3.32. The first kappa shape index (κ1) is 12.5. The Balaban J connectivity index is 2.37. The van der Waals surface area contributed by atoms with Crippen molar-refractivity contribution in [3.63, 3.8) is 0 Å². The highest BCUT2D eigenvalue weighted by Crippen LogP contribution is 2.20. The number of nitrogens with zero attached hydrogens (tertiary/aromatic N) is 2. The number of hydrogen-bond acceptors (Lipinski definition) is 6. The predicted octanol–water partition coefficient (Wildman–Crippen LogP) is 0.674. The number of aromatic carboxylic acids is 1. The normalized spacial score (nSPS) is 11.4. The van der Waals surface area contributed by atoms with E-state index in [1.807, 2.05) is 0 Å². The van der Waals surface area contributed by atoms with Crippen LogP contribution in [0.1, 0.15) is 16.1 Å². The Bertz CT molecular complexity index is 688. The van der Waals surface area contributed by atoms with Crippen LogP contribution in [-0.2, 0) is 10.0 Å². The van der Waals surface area contributed by atoms with Crippen molar-refractivity contribution in [2.75, 3.05) is 4.72 Å². The summed E-state index contributed by atoms with van der Waals surface area (Å²) in [5.74, 6) is -1.38. The first-order valence-electron chi connectivity index (χ1n) is 4.62. The summed E-state index contributed by atoms with van der Waals surface area (Å²) in [5, 5.41) is 15.7. The number of anilines is 1. The molecule has 0 aliphatic rings. The lowest BCUT2D eigenvalue weighted by Gasteiger charge is -2.03. The Labute approximate surface area is 106 Å². The van der Waals surface area contributed by atoms with Gasteiger partial charge < -0.3 is 5.11 Å². The van der Waals surface area contributed by atoms with Gasteiger partial charge in [0.15, 0.2) is 10.2 Å². The van der Waals surface area contributed by atoms with Crippen molar-refractivity contribution >= 4 is 32.5 Å². The Morgan fingerprint density at radius 2 is 2.28 bits per heavy atom. The summed E-state index contributed by atoms with van der Waals surface area (Å²) in [4.78, 5) is 14.7. The molecule has 0 saturated heterocycles. The van der Waals surface area contributed by atoms with Crippen LogP contribution >= 0.6 is 11.3 Å². The van der Waals surface area contributed by atoms with Crippen LogP contribution in [-0.4, -0.2) is 34.7 Å². The van der Waals surface area contributed by atoms with Crippen LogP contribution in [0.2, 0.25) is 0 Å². The molecule has 0 aliphatic heterocycles. The monoisotopic (exact) mass is 288 g/mol. The summed E-state index contributed by atoms with van der Waals surface area (Å²) < 4.78 is 26.0. The molecule has 0 atom stereocenters. The van der Waals surface area contributed by atoms with Crippen LogP contribution in [0, 0.1) is 6.92 Å². The van der Waals surface area contributed by atoms with E-state index in [1.54, 1.807) is 12.3 Å². The van der Waals surface area contributed by atoms with Gasteiger partial charge in [-0.3, -0.25) is 9.82 Å². The predicted molar refractivity (Wildman–Crippen MR) is 63.2 cm³/mol. The quantitative estimate of drug-likeness (QED) is 0.759. The average molecular weight is 288 g/mol. The van der Waals surface area contributed by atoms with Gasteiger partial charge in [0.25, 0.3) is 10.0 Å². The second-order valence-corrected chi connectivity index (χ2v) is 5.79. The van der Waals surface area contributed by atoms with Gasteiger partial charge >= 0.3 is 5.97 Å². The summed E-state index contributed by atoms with van der Waals surface area (Å²) >= 11 is 1.10. The Kier molecular flexibility index (Phi) is 3.05. The summed E-state index contributed by atoms with van der Waals surface area (Å²) in [6.07, 6.45) is 0.935. The maximum absolute atomic E-state index is 11.9. The number of aryl methyl sites for hydroxylation is 1. The molecular formula is C8H8N4O4S2. The minimum Gasteiger partial charge on any atom is -0.478 e. The van der Waals surface area contributed by atoms with Crippen LogP contribution < -0.4 is 4.72 Å². The van der Waals surface area contributed by atoms with Crippen molar-refractivity contribution in [1.29, 1.82) is 0 Å². The Hall–Kier alpha value is -1.94. The number of rotatable bonds is 4. The fourth-order valence-corrected chi connectivity index (χ4v) is 3.23. The second kappa shape index (κ2) is 4.38. The summed E-state index contributed by atoms with van der Waals surface area (Å²) in [7, 11) is -4.03. The molecule has 2 heterocycles. The molecule has 0 saturated carbocycles. The van der Waals surface area contributed by atoms with E-state index in [4.69, 9.17) is 5.11 Å². The zero-order valence-corrected chi connectivity index (χ0v) is 10.7. The van der Waals surface area contributed by atoms with E-state index in [2.05, 4.69) is 19.9 Å². The Morgan fingerprint density at radius 3 is 2.83 bits per heavy atom. The molecule has 0 amide bonds. The molecule has 0 bridgehead atoms. The van der Waals surface area contributed by atoms with E-state index >= 15 is 0 Å². The third-order valence-electron chi connectivity index (χ3n) is 1.94. The van der Waals surface area contributed by atoms with Crippen molar-refractivity contribution in [1.82, 2.24) is 15.2 Å². The van der Waals surface area contributed by atoms with Gasteiger partial charge in [0.2, 0.25) is 0 Å². The number of aromatic nitrogens is 3. The first-order chi connectivity index (χ1) is 8.40. The minimum absolute atomic E-state index is 0.165. The standard InChI is InChI=1S/C8H8N4O4S2/c1-4-3-17-8(10-4)12-18(15,16)6-5(7(13)14)2-9-11-6/h2-3H,1H3,(H,9,11)(H,10,12)(H,13,14). The highest BCUT2D eigenvalue weighted by atomic mass is 32.2. The number of nitrogens with one attached hydrogen (secondary N) is 2. The first-order valence-corrected chi connectivity index (χ1v) is 6.98. The molecule has 0 fully saturated rings. The molecule has 18 heavy (non-hydrogen) atoms. The summed E-state index contributed by atoms with van der Waals surface area (Å²) in [5.41, 5.74) is 0.247. The zero-order chi connectivity index (χ0) is 13.3. The molecule has 3 N–H and O–H groups in total. The van der Waals surface area contributed by atoms with E-state index in [9.17, 15) is 13.2 Å². The number of carboxylic acids is 1. The van der Waals surface area contributed by atoms with Crippen molar-refractivity contribution in [3.05, 3.63) is 22.8 Å². The highest BCUT2D eigenvalue weighted by molar-refractivity contribution is 7.92. The maximum Gasteiger partial charge on any atom is 0.340 e. The molecule has 0 radical (unpaired) electrons. The lowest BCUT2D eigenvalue weighted by atomic mass is 10.4. The summed E-state index contributed by atoms with van der Waals surface area (Å²) in [6, 6.07) is 0. The molecular weight excluding hydrogens is 280 g/mol. The van der Waals surface area contributed by atoms with Gasteiger partial charge in [0.05, 0.1) is 11.9 Å². The smallest absolute Gasteiger partial charge is 0.340 e. The molecule has 0 spiro atoms. The largest absolute Gasteiger partial charge is 0.478 e. The molecule has 96 valence electrons. The van der Waals surface area contributed by atoms with Crippen molar-refractivity contribution in [3.8, 4) is 0 Å². The maximum atomic E-state index is 11.9. The number of sulfonamides is 1. The fourth-order valence-electron chi connectivity index (χ4n) is 1.20. The van der Waals surface area contributed by atoms with Crippen LogP contribution in [0.3, 0.4) is 0 Å². The SMILES string of the molecule is Cc1csc(NS(=O)(=O)c2[nH]ncc2C(=O)O)n1. The van der Waals surface area contributed by atoms with Gasteiger partial charge in [-0.2, -0.15) is 13.5 Å².